The molecule has 0 fully saturated rings. The van der Waals surface area contributed by atoms with Gasteiger partial charge >= 0.3 is 0 Å². The number of amides is 3. The molecule has 0 rings (SSSR count). The topological polar surface area (TPSA) is 87.3 Å². The molecular formula is C13H25N3O3. The molecule has 0 bridgehead atoms. The van der Waals surface area contributed by atoms with Crippen molar-refractivity contribution in [2.45, 2.75) is 59.7 Å². The van der Waals surface area contributed by atoms with E-state index in [9.17, 15) is 14.4 Å². The van der Waals surface area contributed by atoms with E-state index in [4.69, 9.17) is 0 Å². The monoisotopic (exact) mass is 271 g/mol. The second kappa shape index (κ2) is 7.76. The maximum atomic E-state index is 12.0. The Kier molecular flexibility index (Phi) is 7.11. The fourth-order valence-corrected chi connectivity index (χ4v) is 1.53. The van der Waals surface area contributed by atoms with E-state index in [1.165, 1.54) is 6.92 Å². The maximum Gasteiger partial charge on any atom is 0.243 e. The van der Waals surface area contributed by atoms with Crippen LogP contribution in [0, 0.1) is 5.92 Å². The molecule has 0 heterocycles. The standard InChI is InChI=1S/C13H25N3O3/c1-7(2)11(16-10(6)17)13(19)15-9(5)12(18)14-8(3)4/h7-9,11H,1-6H3,(H,14,18)(H,15,19)(H,16,17)/t9-,11?/m1/s1. The summed E-state index contributed by atoms with van der Waals surface area (Å²) in [5, 5.41) is 7.90. The summed E-state index contributed by atoms with van der Waals surface area (Å²) in [7, 11) is 0. The van der Waals surface area contributed by atoms with Crippen LogP contribution < -0.4 is 16.0 Å². The fourth-order valence-electron chi connectivity index (χ4n) is 1.53. The van der Waals surface area contributed by atoms with Crippen LogP contribution in [0.4, 0.5) is 0 Å². The van der Waals surface area contributed by atoms with E-state index in [0.717, 1.165) is 0 Å². The average molecular weight is 271 g/mol. The van der Waals surface area contributed by atoms with Gasteiger partial charge in [0.05, 0.1) is 0 Å². The van der Waals surface area contributed by atoms with Crippen molar-refractivity contribution in [2.24, 2.45) is 5.92 Å². The van der Waals surface area contributed by atoms with Crippen LogP contribution >= 0.6 is 0 Å². The Labute approximate surface area is 114 Å². The van der Waals surface area contributed by atoms with Crippen molar-refractivity contribution in [2.75, 3.05) is 0 Å². The maximum absolute atomic E-state index is 12.0. The number of carbonyl (C=O) groups excluding carboxylic acids is 3. The van der Waals surface area contributed by atoms with Crippen LogP contribution in [0.5, 0.6) is 0 Å². The van der Waals surface area contributed by atoms with Gasteiger partial charge < -0.3 is 16.0 Å². The normalized spacial score (nSPS) is 13.9. The van der Waals surface area contributed by atoms with Gasteiger partial charge in [-0.1, -0.05) is 13.8 Å². The Morgan fingerprint density at radius 1 is 0.789 bits per heavy atom. The molecule has 0 saturated carbocycles. The van der Waals surface area contributed by atoms with Crippen molar-refractivity contribution >= 4 is 17.7 Å². The van der Waals surface area contributed by atoms with Gasteiger partial charge in [0.25, 0.3) is 0 Å². The third kappa shape index (κ3) is 6.79. The molecule has 19 heavy (non-hydrogen) atoms. The molecule has 0 spiro atoms. The summed E-state index contributed by atoms with van der Waals surface area (Å²) in [5.74, 6) is -0.914. The van der Waals surface area contributed by atoms with Crippen molar-refractivity contribution in [3.05, 3.63) is 0 Å². The SMILES string of the molecule is CC(=O)NC(C(=O)N[C@H](C)C(=O)NC(C)C)C(C)C. The van der Waals surface area contributed by atoms with Crippen LogP contribution in [0.1, 0.15) is 41.5 Å². The Hall–Kier alpha value is -1.59. The number of hydrogen-bond donors (Lipinski definition) is 3. The Morgan fingerprint density at radius 3 is 1.68 bits per heavy atom. The van der Waals surface area contributed by atoms with Crippen LogP contribution in [0.2, 0.25) is 0 Å². The van der Waals surface area contributed by atoms with E-state index in [2.05, 4.69) is 16.0 Å². The Bertz CT molecular complexity index is 340. The van der Waals surface area contributed by atoms with E-state index >= 15 is 0 Å². The van der Waals surface area contributed by atoms with E-state index in [1.54, 1.807) is 6.92 Å². The molecule has 6 nitrogen and oxygen atoms in total. The van der Waals surface area contributed by atoms with E-state index in [-0.39, 0.29) is 29.7 Å². The van der Waals surface area contributed by atoms with Crippen molar-refractivity contribution in [3.63, 3.8) is 0 Å². The first-order valence-corrected chi connectivity index (χ1v) is 6.53. The second-order valence-corrected chi connectivity index (χ2v) is 5.32. The molecule has 0 aliphatic heterocycles. The molecule has 0 aliphatic carbocycles. The highest BCUT2D eigenvalue weighted by Crippen LogP contribution is 2.02. The van der Waals surface area contributed by atoms with Gasteiger partial charge in [-0.2, -0.15) is 0 Å². The first-order valence-electron chi connectivity index (χ1n) is 6.53. The zero-order valence-corrected chi connectivity index (χ0v) is 12.5. The zero-order chi connectivity index (χ0) is 15.2. The molecule has 0 aromatic carbocycles. The highest BCUT2D eigenvalue weighted by molar-refractivity contribution is 5.91. The Morgan fingerprint density at radius 2 is 1.32 bits per heavy atom. The molecule has 0 saturated heterocycles. The predicted molar refractivity (Wildman–Crippen MR) is 73.3 cm³/mol. The van der Waals surface area contributed by atoms with Crippen LogP contribution in [0.15, 0.2) is 0 Å². The quantitative estimate of drug-likeness (QED) is 0.644. The van der Waals surface area contributed by atoms with Crippen molar-refractivity contribution < 1.29 is 14.4 Å². The second-order valence-electron chi connectivity index (χ2n) is 5.32. The molecule has 0 aromatic heterocycles. The van der Waals surface area contributed by atoms with Crippen LogP contribution in [0.25, 0.3) is 0 Å². The summed E-state index contributed by atoms with van der Waals surface area (Å²) < 4.78 is 0. The highest BCUT2D eigenvalue weighted by Gasteiger charge is 2.26. The minimum atomic E-state index is -0.634. The molecule has 2 atom stereocenters. The number of hydrogen-bond acceptors (Lipinski definition) is 3. The lowest BCUT2D eigenvalue weighted by Gasteiger charge is -2.23. The van der Waals surface area contributed by atoms with Crippen LogP contribution in [-0.4, -0.2) is 35.8 Å². The first kappa shape index (κ1) is 17.4. The van der Waals surface area contributed by atoms with Crippen molar-refractivity contribution in [1.29, 1.82) is 0 Å². The smallest absolute Gasteiger partial charge is 0.243 e. The molecule has 6 heteroatoms. The lowest BCUT2D eigenvalue weighted by Crippen LogP contribution is -2.54. The van der Waals surface area contributed by atoms with Gasteiger partial charge in [-0.3, -0.25) is 14.4 Å². The molecular weight excluding hydrogens is 246 g/mol. The third-order valence-corrected chi connectivity index (χ3v) is 2.49. The minimum absolute atomic E-state index is 0.0168. The van der Waals surface area contributed by atoms with Crippen LogP contribution in [-0.2, 0) is 14.4 Å². The summed E-state index contributed by atoms with van der Waals surface area (Å²) in [4.78, 5) is 34.8. The summed E-state index contributed by atoms with van der Waals surface area (Å²) in [5.41, 5.74) is 0. The first-order chi connectivity index (χ1) is 8.65. The van der Waals surface area contributed by atoms with Gasteiger partial charge in [0.2, 0.25) is 17.7 Å². The third-order valence-electron chi connectivity index (χ3n) is 2.49. The van der Waals surface area contributed by atoms with Gasteiger partial charge in [0.15, 0.2) is 0 Å². The van der Waals surface area contributed by atoms with E-state index < -0.39 is 12.1 Å². The predicted octanol–water partition coefficient (Wildman–Crippen LogP) is 0.176. The minimum Gasteiger partial charge on any atom is -0.352 e. The van der Waals surface area contributed by atoms with Gasteiger partial charge in [0.1, 0.15) is 12.1 Å². The average Bonchev–Trinajstić information content (AvgIpc) is 2.23. The largest absolute Gasteiger partial charge is 0.352 e. The lowest BCUT2D eigenvalue weighted by molar-refractivity contribution is -0.132. The summed E-state index contributed by atoms with van der Waals surface area (Å²) >= 11 is 0. The molecule has 1 unspecified atom stereocenters. The van der Waals surface area contributed by atoms with E-state index in [1.807, 2.05) is 27.7 Å². The molecule has 0 radical (unpaired) electrons. The Balaban J connectivity index is 4.55. The summed E-state index contributed by atoms with van der Waals surface area (Å²) in [6.07, 6.45) is 0. The number of rotatable bonds is 6. The fraction of sp³-hybridized carbons (Fsp3) is 0.769. The zero-order valence-electron chi connectivity index (χ0n) is 12.5. The molecule has 3 N–H and O–H groups in total. The summed E-state index contributed by atoms with van der Waals surface area (Å²) in [6.45, 7) is 10.3. The lowest BCUT2D eigenvalue weighted by atomic mass is 10.0. The molecule has 0 aromatic rings. The van der Waals surface area contributed by atoms with Gasteiger partial charge in [-0.15, -0.1) is 0 Å². The van der Waals surface area contributed by atoms with Gasteiger partial charge in [0, 0.05) is 13.0 Å². The van der Waals surface area contributed by atoms with Gasteiger partial charge in [-0.05, 0) is 26.7 Å². The van der Waals surface area contributed by atoms with Crippen LogP contribution in [0.3, 0.4) is 0 Å². The van der Waals surface area contributed by atoms with Crippen molar-refractivity contribution in [3.8, 4) is 0 Å². The highest BCUT2D eigenvalue weighted by atomic mass is 16.2. The molecule has 0 aliphatic rings. The van der Waals surface area contributed by atoms with Crippen molar-refractivity contribution in [1.82, 2.24) is 16.0 Å². The molecule has 3 amide bonds. The van der Waals surface area contributed by atoms with Gasteiger partial charge in [-0.25, -0.2) is 0 Å². The number of carbonyl (C=O) groups is 3. The summed E-state index contributed by atoms with van der Waals surface area (Å²) in [6, 6.07) is -1.25. The van der Waals surface area contributed by atoms with E-state index in [0.29, 0.717) is 0 Å². The molecule has 110 valence electrons. The number of nitrogens with one attached hydrogen (secondary N) is 3.